The molecule has 1 atom stereocenters. The summed E-state index contributed by atoms with van der Waals surface area (Å²) in [6.45, 7) is 9.39. The van der Waals surface area contributed by atoms with E-state index in [0.717, 1.165) is 24.2 Å². The predicted octanol–water partition coefficient (Wildman–Crippen LogP) is 2.06. The number of fused-ring (bicyclic) bond motifs is 1. The zero-order valence-corrected chi connectivity index (χ0v) is 33.1. The number of hydrogen-bond acceptors (Lipinski definition) is 15. The van der Waals surface area contributed by atoms with Gasteiger partial charge in [0.2, 0.25) is 17.7 Å². The van der Waals surface area contributed by atoms with Crippen molar-refractivity contribution in [2.45, 2.75) is 64.3 Å². The van der Waals surface area contributed by atoms with Gasteiger partial charge in [-0.15, -0.1) is 0 Å². The Hall–Kier alpha value is -3.88. The van der Waals surface area contributed by atoms with E-state index in [0.29, 0.717) is 119 Å². The average Bonchev–Trinajstić information content (AvgIpc) is 3.44. The summed E-state index contributed by atoms with van der Waals surface area (Å²) in [5, 5.41) is 4.90. The van der Waals surface area contributed by atoms with E-state index in [9.17, 15) is 28.8 Å². The second kappa shape index (κ2) is 29.4. The van der Waals surface area contributed by atoms with Crippen LogP contribution < -0.4 is 10.6 Å². The molecule has 57 heavy (non-hydrogen) atoms. The van der Waals surface area contributed by atoms with Crippen molar-refractivity contribution in [3.8, 4) is 0 Å². The summed E-state index contributed by atoms with van der Waals surface area (Å²) in [7, 11) is 0. The van der Waals surface area contributed by atoms with Crippen LogP contribution in [-0.2, 0) is 61.8 Å². The molecule has 320 valence electrons. The Labute approximate surface area is 333 Å². The van der Waals surface area contributed by atoms with Gasteiger partial charge in [-0.25, -0.2) is 0 Å². The van der Waals surface area contributed by atoms with Crippen LogP contribution in [-0.4, -0.2) is 159 Å². The molecular weight excluding hydrogens is 750 g/mol. The standard InChI is InChI=1S/C39H59N3O15/c1-2-7-35(45)57-29-28-56-27-26-55-25-24-54-23-22-53-21-20-52-19-18-51-17-16-50-15-14-49-13-5-3-4-10-33(43)40-31-9-6-8-30-36(31)39(48)42(38(30)47)32-11-12-34(44)41-37(32)46/h6,8-9,32H,2-5,7,10-29H2,1H3,(H,40,43)(H,41,44,46). The molecule has 0 saturated carbocycles. The summed E-state index contributed by atoms with van der Waals surface area (Å²) in [5.41, 5.74) is 0.375. The largest absolute Gasteiger partial charge is 0.463 e. The number of nitrogens with one attached hydrogen (secondary N) is 2. The van der Waals surface area contributed by atoms with E-state index < -0.39 is 29.7 Å². The molecule has 1 aromatic carbocycles. The zero-order chi connectivity index (χ0) is 40.9. The first kappa shape index (κ1) is 47.5. The van der Waals surface area contributed by atoms with Crippen molar-refractivity contribution in [1.29, 1.82) is 0 Å². The lowest BCUT2D eigenvalue weighted by Gasteiger charge is -2.27. The third-order valence-corrected chi connectivity index (χ3v) is 8.48. The highest BCUT2D eigenvalue weighted by Crippen LogP contribution is 2.32. The third-order valence-electron chi connectivity index (χ3n) is 8.48. The van der Waals surface area contributed by atoms with Crippen molar-refractivity contribution in [2.75, 3.05) is 118 Å². The van der Waals surface area contributed by atoms with Crippen LogP contribution >= 0.6 is 0 Å². The topological polar surface area (TPSA) is 213 Å². The molecule has 2 aliphatic rings. The first-order chi connectivity index (χ1) is 27.8. The highest BCUT2D eigenvalue weighted by molar-refractivity contribution is 6.26. The molecular formula is C39H59N3O15. The molecule has 2 N–H and O–H groups in total. The quantitative estimate of drug-likeness (QED) is 0.0580. The maximum Gasteiger partial charge on any atom is 0.305 e. The summed E-state index contributed by atoms with van der Waals surface area (Å²) in [5.74, 6) is -2.93. The van der Waals surface area contributed by atoms with Crippen molar-refractivity contribution in [3.63, 3.8) is 0 Å². The van der Waals surface area contributed by atoms with Crippen LogP contribution in [0.2, 0.25) is 0 Å². The van der Waals surface area contributed by atoms with E-state index in [4.69, 9.17) is 42.6 Å². The number of anilines is 1. The Morgan fingerprint density at radius 1 is 0.649 bits per heavy atom. The minimum Gasteiger partial charge on any atom is -0.463 e. The molecule has 0 bridgehead atoms. The normalized spacial score (nSPS) is 15.2. The fourth-order valence-electron chi connectivity index (χ4n) is 5.63. The Bertz CT molecular complexity index is 1390. The lowest BCUT2D eigenvalue weighted by atomic mass is 10.0. The number of hydrogen-bond donors (Lipinski definition) is 2. The molecule has 1 fully saturated rings. The molecule has 1 saturated heterocycles. The first-order valence-corrected chi connectivity index (χ1v) is 19.8. The maximum absolute atomic E-state index is 13.2. The molecule has 18 nitrogen and oxygen atoms in total. The summed E-state index contributed by atoms with van der Waals surface area (Å²) < 4.78 is 48.7. The molecule has 0 aromatic heterocycles. The van der Waals surface area contributed by atoms with Gasteiger partial charge < -0.3 is 47.9 Å². The van der Waals surface area contributed by atoms with Gasteiger partial charge in [0.05, 0.1) is 116 Å². The molecule has 0 spiro atoms. The number of carbonyl (C=O) groups is 6. The highest BCUT2D eigenvalue weighted by atomic mass is 16.6. The van der Waals surface area contributed by atoms with Crippen LogP contribution in [0.3, 0.4) is 0 Å². The van der Waals surface area contributed by atoms with Gasteiger partial charge in [0.1, 0.15) is 12.6 Å². The summed E-state index contributed by atoms with van der Waals surface area (Å²) >= 11 is 0. The van der Waals surface area contributed by atoms with Gasteiger partial charge >= 0.3 is 5.97 Å². The SMILES string of the molecule is CCCC(=O)OCCOCCOCCOCCOCCOCCOCCOCCOCCCCCC(=O)Nc1cccc2c1C(=O)N(C1CCC(=O)NC1=O)C2=O. The average molecular weight is 810 g/mol. The zero-order valence-electron chi connectivity index (χ0n) is 33.1. The number of carbonyl (C=O) groups excluding carboxylic acids is 6. The van der Waals surface area contributed by atoms with Crippen molar-refractivity contribution in [1.82, 2.24) is 10.2 Å². The predicted molar refractivity (Wildman–Crippen MR) is 203 cm³/mol. The third kappa shape index (κ3) is 19.0. The van der Waals surface area contributed by atoms with Crippen LogP contribution in [0.15, 0.2) is 18.2 Å². The Morgan fingerprint density at radius 3 is 1.67 bits per heavy atom. The number of piperidine rings is 1. The smallest absolute Gasteiger partial charge is 0.305 e. The molecule has 3 rings (SSSR count). The molecule has 0 radical (unpaired) electrons. The van der Waals surface area contributed by atoms with Crippen molar-refractivity contribution >= 4 is 41.2 Å². The monoisotopic (exact) mass is 809 g/mol. The number of unbranched alkanes of at least 4 members (excludes halogenated alkanes) is 2. The number of ether oxygens (including phenoxy) is 9. The number of rotatable bonds is 34. The van der Waals surface area contributed by atoms with Crippen LogP contribution in [0.1, 0.15) is 79.0 Å². The molecule has 1 aromatic rings. The van der Waals surface area contributed by atoms with Crippen LogP contribution in [0.25, 0.3) is 0 Å². The number of amides is 5. The van der Waals surface area contributed by atoms with Gasteiger partial charge in [0.15, 0.2) is 0 Å². The fourth-order valence-corrected chi connectivity index (χ4v) is 5.63. The van der Waals surface area contributed by atoms with Gasteiger partial charge in [0.25, 0.3) is 11.8 Å². The number of benzene rings is 1. The number of esters is 1. The van der Waals surface area contributed by atoms with E-state index >= 15 is 0 Å². The molecule has 2 heterocycles. The van der Waals surface area contributed by atoms with Crippen LogP contribution in [0, 0.1) is 0 Å². The van der Waals surface area contributed by atoms with Crippen LogP contribution in [0.5, 0.6) is 0 Å². The Kier molecular flexibility index (Phi) is 24.5. The Morgan fingerprint density at radius 2 is 1.16 bits per heavy atom. The molecule has 18 heteroatoms. The maximum atomic E-state index is 13.2. The Balaban J connectivity index is 1.03. The minimum atomic E-state index is -1.08. The molecule has 2 aliphatic heterocycles. The first-order valence-electron chi connectivity index (χ1n) is 19.8. The molecule has 1 unspecified atom stereocenters. The van der Waals surface area contributed by atoms with E-state index in [1.165, 1.54) is 6.07 Å². The second-order valence-corrected chi connectivity index (χ2v) is 12.9. The van der Waals surface area contributed by atoms with Gasteiger partial charge in [0, 0.05) is 25.9 Å². The highest BCUT2D eigenvalue weighted by Gasteiger charge is 2.45. The van der Waals surface area contributed by atoms with Crippen molar-refractivity contribution in [2.24, 2.45) is 0 Å². The molecule has 5 amide bonds. The van der Waals surface area contributed by atoms with Crippen molar-refractivity contribution in [3.05, 3.63) is 29.3 Å². The van der Waals surface area contributed by atoms with Gasteiger partial charge in [-0.1, -0.05) is 19.4 Å². The van der Waals surface area contributed by atoms with E-state index in [1.54, 1.807) is 12.1 Å². The van der Waals surface area contributed by atoms with E-state index in [2.05, 4.69) is 10.6 Å². The minimum absolute atomic E-state index is 0.0265. The fraction of sp³-hybridized carbons (Fsp3) is 0.692. The van der Waals surface area contributed by atoms with Crippen molar-refractivity contribution < 1.29 is 71.4 Å². The second-order valence-electron chi connectivity index (χ2n) is 12.9. The summed E-state index contributed by atoms with van der Waals surface area (Å²) in [6.07, 6.45) is 3.63. The van der Waals surface area contributed by atoms with Gasteiger partial charge in [-0.05, 0) is 37.8 Å². The van der Waals surface area contributed by atoms with Gasteiger partial charge in [-0.2, -0.15) is 0 Å². The lowest BCUT2D eigenvalue weighted by Crippen LogP contribution is -2.54. The van der Waals surface area contributed by atoms with E-state index in [-0.39, 0.29) is 54.6 Å². The summed E-state index contributed by atoms with van der Waals surface area (Å²) in [4.78, 5) is 74.7. The lowest BCUT2D eigenvalue weighted by molar-refractivity contribution is -0.145. The molecule has 0 aliphatic carbocycles. The number of imide groups is 2. The summed E-state index contributed by atoms with van der Waals surface area (Å²) in [6, 6.07) is 3.52. The van der Waals surface area contributed by atoms with Crippen LogP contribution in [0.4, 0.5) is 5.69 Å². The number of nitrogens with zero attached hydrogens (tertiary/aromatic N) is 1. The van der Waals surface area contributed by atoms with E-state index in [1.807, 2.05) is 6.92 Å². The van der Waals surface area contributed by atoms with Gasteiger partial charge in [-0.3, -0.25) is 39.0 Å².